The van der Waals surface area contributed by atoms with E-state index in [1.807, 2.05) is 4.90 Å². The predicted octanol–water partition coefficient (Wildman–Crippen LogP) is 2.97. The average molecular weight is 478 g/mol. The van der Waals surface area contributed by atoms with Gasteiger partial charge in [-0.3, -0.25) is 10.1 Å². The van der Waals surface area contributed by atoms with Gasteiger partial charge in [-0.1, -0.05) is 43.5 Å². The Morgan fingerprint density at radius 2 is 1.93 bits per heavy atom. The lowest BCUT2D eigenvalue weighted by molar-refractivity contribution is -0.134. The molecule has 0 aromatic heterocycles. The molecule has 0 unspecified atom stereocenters. The predicted molar refractivity (Wildman–Crippen MR) is 117 cm³/mol. The number of carbonyl (C=O) groups excluding carboxylic acids is 1. The lowest BCUT2D eigenvalue weighted by Crippen LogP contribution is -2.60. The molecule has 1 amide bonds. The van der Waals surface area contributed by atoms with Gasteiger partial charge in [0.25, 0.3) is 0 Å². The molecule has 0 saturated carbocycles. The molecule has 1 aromatic carbocycles. The van der Waals surface area contributed by atoms with E-state index in [9.17, 15) is 13.2 Å². The molecule has 2 aliphatic heterocycles. The van der Waals surface area contributed by atoms with Crippen molar-refractivity contribution in [3.05, 3.63) is 28.2 Å². The van der Waals surface area contributed by atoms with Crippen molar-refractivity contribution in [3.63, 3.8) is 0 Å². The van der Waals surface area contributed by atoms with Crippen LogP contribution in [-0.2, 0) is 19.6 Å². The van der Waals surface area contributed by atoms with E-state index in [2.05, 4.69) is 19.2 Å². The second kappa shape index (κ2) is 9.30. The Balaban J connectivity index is 1.80. The summed E-state index contributed by atoms with van der Waals surface area (Å²) in [7, 11) is -2.09. The van der Waals surface area contributed by atoms with E-state index in [-0.39, 0.29) is 27.8 Å². The first-order valence-corrected chi connectivity index (χ1v) is 12.4. The largest absolute Gasteiger partial charge is 0.383 e. The summed E-state index contributed by atoms with van der Waals surface area (Å²) in [6, 6.07) is 4.08. The van der Waals surface area contributed by atoms with Crippen molar-refractivity contribution in [3.8, 4) is 0 Å². The highest BCUT2D eigenvalue weighted by Crippen LogP contribution is 2.36. The molecule has 10 heteroatoms. The van der Waals surface area contributed by atoms with Crippen molar-refractivity contribution >= 4 is 39.1 Å². The van der Waals surface area contributed by atoms with Crippen molar-refractivity contribution in [2.45, 2.75) is 49.7 Å². The first kappa shape index (κ1) is 23.8. The highest BCUT2D eigenvalue weighted by Gasteiger charge is 2.53. The lowest BCUT2D eigenvalue weighted by atomic mass is 9.96. The van der Waals surface area contributed by atoms with Crippen molar-refractivity contribution < 1.29 is 17.9 Å². The van der Waals surface area contributed by atoms with Crippen LogP contribution in [0.25, 0.3) is 0 Å². The number of hydrogen-bond donors (Lipinski definition) is 1. The Morgan fingerprint density at radius 3 is 2.50 bits per heavy atom. The minimum atomic E-state index is -3.70. The molecule has 1 aromatic rings. The van der Waals surface area contributed by atoms with E-state index in [4.69, 9.17) is 27.9 Å². The van der Waals surface area contributed by atoms with Gasteiger partial charge in [-0.15, -0.1) is 0 Å². The number of halogens is 2. The molecule has 1 spiro atoms. The second-order valence-electron chi connectivity index (χ2n) is 8.00. The zero-order chi connectivity index (χ0) is 22.1. The summed E-state index contributed by atoms with van der Waals surface area (Å²) in [5, 5.41) is 4.07. The van der Waals surface area contributed by atoms with Crippen LogP contribution in [0.4, 0.5) is 0 Å². The van der Waals surface area contributed by atoms with E-state index in [1.165, 1.54) is 22.5 Å². The number of methoxy groups -OCH3 is 1. The number of rotatable bonds is 7. The van der Waals surface area contributed by atoms with Crippen LogP contribution in [0, 0.1) is 5.92 Å². The van der Waals surface area contributed by atoms with Crippen molar-refractivity contribution in [2.75, 3.05) is 33.4 Å². The van der Waals surface area contributed by atoms with Crippen LogP contribution in [0.15, 0.2) is 23.1 Å². The fourth-order valence-electron chi connectivity index (χ4n) is 4.23. The van der Waals surface area contributed by atoms with Crippen molar-refractivity contribution in [2.24, 2.45) is 5.92 Å². The summed E-state index contributed by atoms with van der Waals surface area (Å²) in [5.74, 6) is 0.266. The Bertz CT molecular complexity index is 888. The maximum atomic E-state index is 13.1. The zero-order valence-corrected chi connectivity index (χ0v) is 19.9. The molecule has 2 saturated heterocycles. The van der Waals surface area contributed by atoms with Crippen LogP contribution in [0.5, 0.6) is 0 Å². The van der Waals surface area contributed by atoms with Crippen LogP contribution in [0.3, 0.4) is 0 Å². The molecule has 2 aliphatic rings. The third-order valence-electron chi connectivity index (χ3n) is 6.28. The monoisotopic (exact) mass is 477 g/mol. The van der Waals surface area contributed by atoms with E-state index in [0.717, 1.165) is 6.42 Å². The minimum Gasteiger partial charge on any atom is -0.383 e. The first-order chi connectivity index (χ1) is 14.2. The molecule has 0 bridgehead atoms. The summed E-state index contributed by atoms with van der Waals surface area (Å²) in [6.07, 6.45) is 1.90. The Kier molecular flexibility index (Phi) is 7.37. The number of hydrogen-bond acceptors (Lipinski definition) is 5. The number of sulfonamides is 1. The summed E-state index contributed by atoms with van der Waals surface area (Å²) < 4.78 is 32.9. The number of ether oxygens (including phenoxy) is 1. The average Bonchev–Trinajstić information content (AvgIpc) is 2.99. The van der Waals surface area contributed by atoms with Crippen LogP contribution in [0.2, 0.25) is 10.0 Å². The highest BCUT2D eigenvalue weighted by atomic mass is 35.5. The minimum absolute atomic E-state index is 0.0715. The molecule has 1 N–H and O–H groups in total. The number of nitrogens with one attached hydrogen (secondary N) is 1. The van der Waals surface area contributed by atoms with Gasteiger partial charge in [-0.2, -0.15) is 4.31 Å². The van der Waals surface area contributed by atoms with Crippen LogP contribution < -0.4 is 5.32 Å². The molecule has 2 atom stereocenters. The fourth-order valence-corrected chi connectivity index (χ4v) is 6.06. The standard InChI is InChI=1S/C20H29Cl2N3O4S/c1-4-14(2)18-19(26)25(11-12-29-3)20(23-18)7-9-24(10-8-20)30(27,28)15-5-6-16(21)17(22)13-15/h5-6,13-14,18,23H,4,7-12H2,1-3H3/t14-,18+/m0/s1. The molecule has 0 aliphatic carbocycles. The fraction of sp³-hybridized carbons (Fsp3) is 0.650. The van der Waals surface area contributed by atoms with Crippen molar-refractivity contribution in [1.82, 2.24) is 14.5 Å². The van der Waals surface area contributed by atoms with Gasteiger partial charge in [0.15, 0.2) is 0 Å². The highest BCUT2D eigenvalue weighted by molar-refractivity contribution is 7.89. The lowest BCUT2D eigenvalue weighted by Gasteiger charge is -2.44. The van der Waals surface area contributed by atoms with Gasteiger partial charge in [-0.05, 0) is 37.0 Å². The zero-order valence-electron chi connectivity index (χ0n) is 17.5. The molecule has 0 radical (unpaired) electrons. The van der Waals surface area contributed by atoms with Gasteiger partial charge in [0.2, 0.25) is 15.9 Å². The number of nitrogens with zero attached hydrogens (tertiary/aromatic N) is 2. The van der Waals surface area contributed by atoms with Gasteiger partial charge < -0.3 is 9.64 Å². The molecule has 2 fully saturated rings. The molecular weight excluding hydrogens is 449 g/mol. The number of amides is 1. The van der Waals surface area contributed by atoms with Crippen molar-refractivity contribution in [1.29, 1.82) is 0 Å². The number of carbonyl (C=O) groups is 1. The number of benzene rings is 1. The van der Waals surface area contributed by atoms with Gasteiger partial charge in [-0.25, -0.2) is 8.42 Å². The van der Waals surface area contributed by atoms with E-state index in [0.29, 0.717) is 44.1 Å². The van der Waals surface area contributed by atoms with Gasteiger partial charge in [0, 0.05) is 26.7 Å². The van der Waals surface area contributed by atoms with Gasteiger partial charge in [0.1, 0.15) is 0 Å². The van der Waals surface area contributed by atoms with E-state index in [1.54, 1.807) is 7.11 Å². The Morgan fingerprint density at radius 1 is 1.27 bits per heavy atom. The van der Waals surface area contributed by atoms with Gasteiger partial charge >= 0.3 is 0 Å². The van der Waals surface area contributed by atoms with E-state index < -0.39 is 15.7 Å². The van der Waals surface area contributed by atoms with Gasteiger partial charge in [0.05, 0.1) is 33.3 Å². The molecule has 3 rings (SSSR count). The Hall–Kier alpha value is -0.900. The van der Waals surface area contributed by atoms with Crippen LogP contribution in [-0.4, -0.2) is 68.6 Å². The molecule has 7 nitrogen and oxygen atoms in total. The quantitative estimate of drug-likeness (QED) is 0.652. The summed E-state index contributed by atoms with van der Waals surface area (Å²) >= 11 is 11.9. The first-order valence-electron chi connectivity index (χ1n) is 10.2. The normalized spacial score (nSPS) is 23.3. The maximum absolute atomic E-state index is 13.1. The van der Waals surface area contributed by atoms with E-state index >= 15 is 0 Å². The second-order valence-corrected chi connectivity index (χ2v) is 10.8. The molecule has 30 heavy (non-hydrogen) atoms. The third kappa shape index (κ3) is 4.36. The summed E-state index contributed by atoms with van der Waals surface area (Å²) in [6.45, 7) is 5.66. The summed E-state index contributed by atoms with van der Waals surface area (Å²) in [5.41, 5.74) is -0.548. The maximum Gasteiger partial charge on any atom is 0.243 e. The third-order valence-corrected chi connectivity index (χ3v) is 8.92. The smallest absolute Gasteiger partial charge is 0.243 e. The van der Waals surface area contributed by atoms with Crippen LogP contribution in [0.1, 0.15) is 33.1 Å². The molecule has 2 heterocycles. The molecular formula is C20H29Cl2N3O4S. The number of piperidine rings is 1. The topological polar surface area (TPSA) is 79.0 Å². The Labute approximate surface area is 188 Å². The molecule has 168 valence electrons. The SMILES string of the molecule is CC[C@H](C)[C@H]1NC2(CCN(S(=O)(=O)c3ccc(Cl)c(Cl)c3)CC2)N(CCOC)C1=O. The van der Waals surface area contributed by atoms with Crippen LogP contribution >= 0.6 is 23.2 Å². The summed E-state index contributed by atoms with van der Waals surface area (Å²) in [4.78, 5) is 15.1.